The molecule has 0 amide bonds. The lowest BCUT2D eigenvalue weighted by molar-refractivity contribution is -0.116. The zero-order valence-corrected chi connectivity index (χ0v) is 9.01. The van der Waals surface area contributed by atoms with Crippen LogP contribution in [0.25, 0.3) is 0 Å². The van der Waals surface area contributed by atoms with Gasteiger partial charge in [0.15, 0.2) is 5.78 Å². The van der Waals surface area contributed by atoms with Gasteiger partial charge < -0.3 is 5.11 Å². The molecule has 0 aromatic heterocycles. The standard InChI is InChI=1S/C11H13ClO2/c1-7-5-9(11(12)8(2)14)3-4-10(7)6-13/h3-5,11,13H,6H2,1-2H3. The molecule has 3 heteroatoms. The number of aryl methyl sites for hydroxylation is 1. The molecule has 0 aliphatic carbocycles. The Morgan fingerprint density at radius 1 is 1.57 bits per heavy atom. The minimum Gasteiger partial charge on any atom is -0.392 e. The number of carbonyl (C=O) groups excluding carboxylic acids is 1. The van der Waals surface area contributed by atoms with E-state index in [4.69, 9.17) is 16.7 Å². The molecule has 14 heavy (non-hydrogen) atoms. The van der Waals surface area contributed by atoms with Crippen LogP contribution in [0, 0.1) is 6.92 Å². The maximum Gasteiger partial charge on any atom is 0.152 e. The lowest BCUT2D eigenvalue weighted by Crippen LogP contribution is -2.02. The summed E-state index contributed by atoms with van der Waals surface area (Å²) in [5.74, 6) is -0.0668. The smallest absolute Gasteiger partial charge is 0.152 e. The highest BCUT2D eigenvalue weighted by Gasteiger charge is 2.13. The van der Waals surface area contributed by atoms with E-state index in [1.165, 1.54) is 6.92 Å². The zero-order chi connectivity index (χ0) is 10.7. The van der Waals surface area contributed by atoms with E-state index in [2.05, 4.69) is 0 Å². The van der Waals surface area contributed by atoms with Gasteiger partial charge in [0.05, 0.1) is 6.61 Å². The van der Waals surface area contributed by atoms with Gasteiger partial charge in [0.25, 0.3) is 0 Å². The third-order valence-electron chi connectivity index (χ3n) is 2.19. The lowest BCUT2D eigenvalue weighted by Gasteiger charge is -2.09. The van der Waals surface area contributed by atoms with Crippen molar-refractivity contribution in [2.24, 2.45) is 0 Å². The first-order chi connectivity index (χ1) is 6.56. The maximum atomic E-state index is 11.0. The molecule has 0 saturated carbocycles. The molecule has 0 heterocycles. The quantitative estimate of drug-likeness (QED) is 0.781. The van der Waals surface area contributed by atoms with Gasteiger partial charge in [-0.05, 0) is 30.5 Å². The fraction of sp³-hybridized carbons (Fsp3) is 0.364. The Balaban J connectivity index is 3.02. The number of hydrogen-bond donors (Lipinski definition) is 1. The third-order valence-corrected chi connectivity index (χ3v) is 2.75. The van der Waals surface area contributed by atoms with Crippen LogP contribution in [0.1, 0.15) is 29.0 Å². The van der Waals surface area contributed by atoms with Gasteiger partial charge in [-0.1, -0.05) is 18.2 Å². The molecular formula is C11H13ClO2. The van der Waals surface area contributed by atoms with E-state index in [9.17, 15) is 4.79 Å². The molecule has 1 aromatic carbocycles. The van der Waals surface area contributed by atoms with Gasteiger partial charge in [-0.2, -0.15) is 0 Å². The second-order valence-corrected chi connectivity index (χ2v) is 3.75. The van der Waals surface area contributed by atoms with Gasteiger partial charge in [-0.15, -0.1) is 11.6 Å². The second kappa shape index (κ2) is 4.58. The number of carbonyl (C=O) groups is 1. The Kier molecular flexibility index (Phi) is 3.67. The van der Waals surface area contributed by atoms with Crippen LogP contribution in [0.3, 0.4) is 0 Å². The van der Waals surface area contributed by atoms with Gasteiger partial charge in [0.1, 0.15) is 5.38 Å². The summed E-state index contributed by atoms with van der Waals surface area (Å²) in [6, 6.07) is 5.41. The molecule has 2 nitrogen and oxygen atoms in total. The highest BCUT2D eigenvalue weighted by Crippen LogP contribution is 2.23. The fourth-order valence-corrected chi connectivity index (χ4v) is 1.42. The number of hydrogen-bond acceptors (Lipinski definition) is 2. The van der Waals surface area contributed by atoms with Crippen molar-refractivity contribution in [1.29, 1.82) is 0 Å². The Bertz CT molecular complexity index is 347. The SMILES string of the molecule is CC(=O)C(Cl)c1ccc(CO)c(C)c1. The van der Waals surface area contributed by atoms with Crippen molar-refractivity contribution in [3.05, 3.63) is 34.9 Å². The Hall–Kier alpha value is -0.860. The minimum atomic E-state index is -0.582. The van der Waals surface area contributed by atoms with E-state index in [0.717, 1.165) is 16.7 Å². The number of rotatable bonds is 3. The Morgan fingerprint density at radius 2 is 2.21 bits per heavy atom. The highest BCUT2D eigenvalue weighted by molar-refractivity contribution is 6.30. The van der Waals surface area contributed by atoms with Crippen molar-refractivity contribution in [1.82, 2.24) is 0 Å². The molecule has 0 spiro atoms. The lowest BCUT2D eigenvalue weighted by atomic mass is 10.0. The van der Waals surface area contributed by atoms with E-state index in [-0.39, 0.29) is 12.4 Å². The maximum absolute atomic E-state index is 11.0. The minimum absolute atomic E-state index is 0.0130. The van der Waals surface area contributed by atoms with Gasteiger partial charge in [-0.25, -0.2) is 0 Å². The first kappa shape index (κ1) is 11.2. The summed E-state index contributed by atoms with van der Waals surface area (Å²) >= 11 is 5.90. The molecule has 0 aliphatic heterocycles. The van der Waals surface area contributed by atoms with Gasteiger partial charge >= 0.3 is 0 Å². The van der Waals surface area contributed by atoms with Crippen LogP contribution in [0.2, 0.25) is 0 Å². The number of alkyl halides is 1. The molecule has 0 radical (unpaired) electrons. The average molecular weight is 213 g/mol. The molecule has 0 fully saturated rings. The van der Waals surface area contributed by atoms with E-state index >= 15 is 0 Å². The predicted molar refractivity (Wildman–Crippen MR) is 56.4 cm³/mol. The number of ketones is 1. The fourth-order valence-electron chi connectivity index (χ4n) is 1.29. The van der Waals surface area contributed by atoms with Crippen molar-refractivity contribution in [3.8, 4) is 0 Å². The van der Waals surface area contributed by atoms with E-state index < -0.39 is 5.38 Å². The monoisotopic (exact) mass is 212 g/mol. The number of Topliss-reactive ketones (excluding diaryl/α,β-unsaturated/α-hetero) is 1. The average Bonchev–Trinajstić information content (AvgIpc) is 2.16. The van der Waals surface area contributed by atoms with Crippen molar-refractivity contribution in [2.45, 2.75) is 25.8 Å². The van der Waals surface area contributed by atoms with Crippen LogP contribution in [0.15, 0.2) is 18.2 Å². The summed E-state index contributed by atoms with van der Waals surface area (Å²) in [7, 11) is 0. The topological polar surface area (TPSA) is 37.3 Å². The molecule has 1 atom stereocenters. The van der Waals surface area contributed by atoms with Gasteiger partial charge in [0.2, 0.25) is 0 Å². The van der Waals surface area contributed by atoms with Crippen LogP contribution in [-0.2, 0) is 11.4 Å². The first-order valence-corrected chi connectivity index (χ1v) is 4.84. The number of aliphatic hydroxyl groups is 1. The van der Waals surface area contributed by atoms with Gasteiger partial charge in [-0.3, -0.25) is 4.79 Å². The zero-order valence-electron chi connectivity index (χ0n) is 8.25. The van der Waals surface area contributed by atoms with Crippen LogP contribution >= 0.6 is 11.6 Å². The number of benzene rings is 1. The highest BCUT2D eigenvalue weighted by atomic mass is 35.5. The summed E-state index contributed by atoms with van der Waals surface area (Å²) in [6.45, 7) is 3.37. The van der Waals surface area contributed by atoms with Crippen molar-refractivity contribution >= 4 is 17.4 Å². The summed E-state index contributed by atoms with van der Waals surface area (Å²) < 4.78 is 0. The van der Waals surface area contributed by atoms with E-state index in [1.807, 2.05) is 13.0 Å². The third kappa shape index (κ3) is 2.34. The Labute approximate surface area is 88.5 Å². The Morgan fingerprint density at radius 3 is 2.64 bits per heavy atom. The molecule has 1 rings (SSSR count). The largest absolute Gasteiger partial charge is 0.392 e. The van der Waals surface area contributed by atoms with Crippen molar-refractivity contribution in [3.63, 3.8) is 0 Å². The van der Waals surface area contributed by atoms with Crippen LogP contribution in [0.4, 0.5) is 0 Å². The molecule has 0 aliphatic rings. The van der Waals surface area contributed by atoms with E-state index in [0.29, 0.717) is 0 Å². The predicted octanol–water partition coefficient (Wildman–Crippen LogP) is 2.36. The number of aliphatic hydroxyl groups excluding tert-OH is 1. The summed E-state index contributed by atoms with van der Waals surface area (Å²) in [4.78, 5) is 11.0. The van der Waals surface area contributed by atoms with Crippen LogP contribution in [0.5, 0.6) is 0 Å². The molecule has 1 N–H and O–H groups in total. The molecule has 0 bridgehead atoms. The van der Waals surface area contributed by atoms with Crippen LogP contribution < -0.4 is 0 Å². The summed E-state index contributed by atoms with van der Waals surface area (Å²) in [5.41, 5.74) is 2.60. The second-order valence-electron chi connectivity index (χ2n) is 3.32. The summed E-state index contributed by atoms with van der Waals surface area (Å²) in [6.07, 6.45) is 0. The molecule has 1 aromatic rings. The normalized spacial score (nSPS) is 12.6. The molecule has 76 valence electrons. The molecule has 1 unspecified atom stereocenters. The van der Waals surface area contributed by atoms with Crippen molar-refractivity contribution in [2.75, 3.05) is 0 Å². The summed E-state index contributed by atoms with van der Waals surface area (Å²) in [5, 5.41) is 8.38. The van der Waals surface area contributed by atoms with Gasteiger partial charge in [0, 0.05) is 0 Å². The van der Waals surface area contributed by atoms with Crippen LogP contribution in [-0.4, -0.2) is 10.9 Å². The molecular weight excluding hydrogens is 200 g/mol. The first-order valence-electron chi connectivity index (χ1n) is 4.41. The van der Waals surface area contributed by atoms with Crippen molar-refractivity contribution < 1.29 is 9.90 Å². The number of halogens is 1. The molecule has 0 saturated heterocycles. The van der Waals surface area contributed by atoms with E-state index in [1.54, 1.807) is 12.1 Å².